The molecule has 2 aliphatic heterocycles. The first kappa shape index (κ1) is 17.3. The van der Waals surface area contributed by atoms with Gasteiger partial charge in [-0.3, -0.25) is 9.59 Å². The highest BCUT2D eigenvalue weighted by Gasteiger charge is 2.33. The van der Waals surface area contributed by atoms with Gasteiger partial charge in [0.05, 0.1) is 6.04 Å². The minimum absolute atomic E-state index is 0.0347. The van der Waals surface area contributed by atoms with Gasteiger partial charge in [0.1, 0.15) is 0 Å². The van der Waals surface area contributed by atoms with E-state index >= 15 is 0 Å². The van der Waals surface area contributed by atoms with Crippen molar-refractivity contribution in [2.75, 3.05) is 26.2 Å². The Bertz CT molecular complexity index is 403. The van der Waals surface area contributed by atoms with Crippen LogP contribution in [0, 0.1) is 17.8 Å². The summed E-state index contributed by atoms with van der Waals surface area (Å²) in [5, 5.41) is 0. The molecule has 2 heterocycles. The van der Waals surface area contributed by atoms with E-state index in [4.69, 9.17) is 5.73 Å². The van der Waals surface area contributed by atoms with Crippen LogP contribution in [0.4, 0.5) is 0 Å². The molecule has 2 aliphatic rings. The van der Waals surface area contributed by atoms with E-state index in [1.807, 2.05) is 23.6 Å². The van der Waals surface area contributed by atoms with E-state index in [1.54, 1.807) is 0 Å². The maximum atomic E-state index is 12.6. The van der Waals surface area contributed by atoms with E-state index in [-0.39, 0.29) is 17.7 Å². The normalized spacial score (nSPS) is 25.4. The van der Waals surface area contributed by atoms with Crippen LogP contribution in [0.5, 0.6) is 0 Å². The zero-order valence-electron chi connectivity index (χ0n) is 14.3. The van der Waals surface area contributed by atoms with E-state index in [0.717, 1.165) is 32.4 Å². The lowest BCUT2D eigenvalue weighted by Gasteiger charge is -2.38. The average Bonchev–Trinajstić information content (AvgIpc) is 2.52. The Morgan fingerprint density at radius 3 is 2.23 bits per heavy atom. The molecule has 2 saturated heterocycles. The van der Waals surface area contributed by atoms with Gasteiger partial charge in [-0.2, -0.15) is 0 Å². The molecular formula is C17H31N3O2. The summed E-state index contributed by atoms with van der Waals surface area (Å²) in [5.41, 5.74) is 5.95. The van der Waals surface area contributed by atoms with Gasteiger partial charge in [0.2, 0.25) is 11.8 Å². The predicted octanol–water partition coefficient (Wildman–Crippen LogP) is 1.47. The molecule has 0 aliphatic carbocycles. The summed E-state index contributed by atoms with van der Waals surface area (Å²) in [6.45, 7) is 9.29. The smallest absolute Gasteiger partial charge is 0.239 e. The van der Waals surface area contributed by atoms with Gasteiger partial charge in [-0.1, -0.05) is 20.8 Å². The molecule has 1 unspecified atom stereocenters. The summed E-state index contributed by atoms with van der Waals surface area (Å²) < 4.78 is 0. The first-order chi connectivity index (χ1) is 10.4. The van der Waals surface area contributed by atoms with E-state index in [1.165, 1.54) is 6.42 Å². The molecule has 2 atom stereocenters. The molecule has 2 rings (SSSR count). The van der Waals surface area contributed by atoms with Gasteiger partial charge >= 0.3 is 0 Å². The molecular weight excluding hydrogens is 278 g/mol. The number of hydrogen-bond donors (Lipinski definition) is 1. The Morgan fingerprint density at radius 1 is 1.05 bits per heavy atom. The van der Waals surface area contributed by atoms with Crippen molar-refractivity contribution in [3.63, 3.8) is 0 Å². The third kappa shape index (κ3) is 4.00. The largest absolute Gasteiger partial charge is 0.342 e. The number of hydrogen-bond acceptors (Lipinski definition) is 3. The molecule has 5 heteroatoms. The quantitative estimate of drug-likeness (QED) is 0.858. The minimum Gasteiger partial charge on any atom is -0.342 e. The summed E-state index contributed by atoms with van der Waals surface area (Å²) in [5.74, 6) is 1.19. The molecule has 2 amide bonds. The van der Waals surface area contributed by atoms with Gasteiger partial charge < -0.3 is 15.5 Å². The zero-order chi connectivity index (χ0) is 16.3. The number of amides is 2. The predicted molar refractivity (Wildman–Crippen MR) is 87.1 cm³/mol. The van der Waals surface area contributed by atoms with Gasteiger partial charge in [-0.15, -0.1) is 0 Å². The molecule has 5 nitrogen and oxygen atoms in total. The SMILES string of the molecule is CC1CCCN(C(=O)C2CCN(C(=O)[C@@H](N)C(C)C)CC2)C1. The second-order valence-corrected chi connectivity index (χ2v) is 7.40. The monoisotopic (exact) mass is 309 g/mol. The summed E-state index contributed by atoms with van der Waals surface area (Å²) in [4.78, 5) is 28.8. The maximum absolute atomic E-state index is 12.6. The molecule has 126 valence electrons. The van der Waals surface area contributed by atoms with Crippen molar-refractivity contribution < 1.29 is 9.59 Å². The number of carbonyl (C=O) groups is 2. The molecule has 0 saturated carbocycles. The van der Waals surface area contributed by atoms with Gasteiger partial charge in [-0.05, 0) is 37.5 Å². The highest BCUT2D eigenvalue weighted by atomic mass is 16.2. The number of nitrogens with zero attached hydrogens (tertiary/aromatic N) is 2. The second kappa shape index (κ2) is 7.44. The van der Waals surface area contributed by atoms with Crippen LogP contribution in [0.1, 0.15) is 46.5 Å². The average molecular weight is 309 g/mol. The molecule has 0 aromatic rings. The van der Waals surface area contributed by atoms with Crippen molar-refractivity contribution in [1.82, 2.24) is 9.80 Å². The fourth-order valence-electron chi connectivity index (χ4n) is 3.49. The Labute approximate surface area is 134 Å². The van der Waals surface area contributed by atoms with E-state index in [2.05, 4.69) is 6.92 Å². The fourth-order valence-corrected chi connectivity index (χ4v) is 3.49. The summed E-state index contributed by atoms with van der Waals surface area (Å²) in [6, 6.07) is -0.421. The summed E-state index contributed by atoms with van der Waals surface area (Å²) in [6.07, 6.45) is 3.90. The van der Waals surface area contributed by atoms with Crippen LogP contribution >= 0.6 is 0 Å². The van der Waals surface area contributed by atoms with Crippen LogP contribution < -0.4 is 5.73 Å². The van der Waals surface area contributed by atoms with Crippen molar-refractivity contribution in [3.8, 4) is 0 Å². The Kier molecular flexibility index (Phi) is 5.84. The molecule has 0 aromatic heterocycles. The topological polar surface area (TPSA) is 66.6 Å². The lowest BCUT2D eigenvalue weighted by Crippen LogP contribution is -2.51. The first-order valence-corrected chi connectivity index (χ1v) is 8.73. The Hall–Kier alpha value is -1.10. The molecule has 0 aromatic carbocycles. The number of carbonyl (C=O) groups excluding carboxylic acids is 2. The minimum atomic E-state index is -0.421. The van der Waals surface area contributed by atoms with Crippen LogP contribution in [0.25, 0.3) is 0 Å². The van der Waals surface area contributed by atoms with Crippen molar-refractivity contribution in [3.05, 3.63) is 0 Å². The van der Waals surface area contributed by atoms with E-state index in [0.29, 0.717) is 24.9 Å². The molecule has 22 heavy (non-hydrogen) atoms. The standard InChI is InChI=1S/C17H31N3O2/c1-12(2)15(18)17(22)19-9-6-14(7-10-19)16(21)20-8-4-5-13(3)11-20/h12-15H,4-11,18H2,1-3H3/t13?,15-/m0/s1. The van der Waals surface area contributed by atoms with Crippen LogP contribution in [-0.2, 0) is 9.59 Å². The number of piperidine rings is 2. The van der Waals surface area contributed by atoms with Crippen LogP contribution in [-0.4, -0.2) is 53.8 Å². The highest BCUT2D eigenvalue weighted by molar-refractivity contribution is 5.83. The molecule has 2 fully saturated rings. The lowest BCUT2D eigenvalue weighted by atomic mass is 9.92. The van der Waals surface area contributed by atoms with Crippen LogP contribution in [0.15, 0.2) is 0 Å². The number of nitrogens with two attached hydrogens (primary N) is 1. The van der Waals surface area contributed by atoms with Gasteiger partial charge in [0.25, 0.3) is 0 Å². The van der Waals surface area contributed by atoms with Crippen molar-refractivity contribution >= 4 is 11.8 Å². The molecule has 0 bridgehead atoms. The lowest BCUT2D eigenvalue weighted by molar-refractivity contribution is -0.142. The molecule has 0 spiro atoms. The number of rotatable bonds is 3. The first-order valence-electron chi connectivity index (χ1n) is 8.73. The van der Waals surface area contributed by atoms with Gasteiger partial charge in [-0.25, -0.2) is 0 Å². The van der Waals surface area contributed by atoms with Crippen molar-refractivity contribution in [1.29, 1.82) is 0 Å². The third-order valence-corrected chi connectivity index (χ3v) is 5.13. The van der Waals surface area contributed by atoms with Crippen molar-refractivity contribution in [2.45, 2.75) is 52.5 Å². The van der Waals surface area contributed by atoms with Crippen LogP contribution in [0.3, 0.4) is 0 Å². The fraction of sp³-hybridized carbons (Fsp3) is 0.882. The summed E-state index contributed by atoms with van der Waals surface area (Å²) >= 11 is 0. The van der Waals surface area contributed by atoms with Crippen molar-refractivity contribution in [2.24, 2.45) is 23.5 Å². The van der Waals surface area contributed by atoms with E-state index in [9.17, 15) is 9.59 Å². The maximum Gasteiger partial charge on any atom is 0.239 e. The third-order valence-electron chi connectivity index (χ3n) is 5.13. The Morgan fingerprint density at radius 2 is 1.68 bits per heavy atom. The second-order valence-electron chi connectivity index (χ2n) is 7.40. The van der Waals surface area contributed by atoms with E-state index < -0.39 is 6.04 Å². The van der Waals surface area contributed by atoms with Gasteiger partial charge in [0, 0.05) is 32.1 Å². The van der Waals surface area contributed by atoms with Gasteiger partial charge in [0.15, 0.2) is 0 Å². The zero-order valence-corrected chi connectivity index (χ0v) is 14.3. The molecule has 0 radical (unpaired) electrons. The molecule has 2 N–H and O–H groups in total. The number of likely N-dealkylation sites (tertiary alicyclic amines) is 2. The van der Waals surface area contributed by atoms with Crippen LogP contribution in [0.2, 0.25) is 0 Å². The highest BCUT2D eigenvalue weighted by Crippen LogP contribution is 2.24. The Balaban J connectivity index is 1.84. The summed E-state index contributed by atoms with van der Waals surface area (Å²) in [7, 11) is 0.